The van der Waals surface area contributed by atoms with Gasteiger partial charge in [0.25, 0.3) is 0 Å². The second-order valence-electron chi connectivity index (χ2n) is 1.90. The molecule has 0 atom stereocenters. The first kappa shape index (κ1) is 6.86. The maximum Gasteiger partial charge on any atom is 0.207 e. The third kappa shape index (κ3) is 1.93. The molecule has 54 valence electrons. The average molecular weight is 139 g/mol. The van der Waals surface area contributed by atoms with Crippen LogP contribution in [0.5, 0.6) is 0 Å². The number of rotatable bonds is 4. The Kier molecular flexibility index (Phi) is 2.55. The zero-order chi connectivity index (χ0) is 7.23. The van der Waals surface area contributed by atoms with Crippen molar-refractivity contribution in [1.82, 2.24) is 5.32 Å². The van der Waals surface area contributed by atoms with E-state index >= 15 is 0 Å². The molecule has 3 nitrogen and oxygen atoms in total. The Balaban J connectivity index is 2.21. The minimum absolute atomic E-state index is 0.636. The predicted molar refractivity (Wildman–Crippen MR) is 36.5 cm³/mol. The van der Waals surface area contributed by atoms with Crippen LogP contribution in [-0.2, 0) is 11.2 Å². The van der Waals surface area contributed by atoms with E-state index in [1.807, 2.05) is 12.1 Å². The van der Waals surface area contributed by atoms with Gasteiger partial charge in [0.2, 0.25) is 6.41 Å². The lowest BCUT2D eigenvalue weighted by Crippen LogP contribution is -2.13. The maximum atomic E-state index is 9.79. The molecular weight excluding hydrogens is 130 g/mol. The topological polar surface area (TPSA) is 42.2 Å². The second-order valence-corrected chi connectivity index (χ2v) is 1.90. The van der Waals surface area contributed by atoms with Crippen LogP contribution in [0, 0.1) is 0 Å². The minimum Gasteiger partial charge on any atom is -0.469 e. The van der Waals surface area contributed by atoms with Gasteiger partial charge in [-0.1, -0.05) is 0 Å². The van der Waals surface area contributed by atoms with Gasteiger partial charge >= 0.3 is 0 Å². The molecule has 0 aromatic carbocycles. The summed E-state index contributed by atoms with van der Waals surface area (Å²) in [6, 6.07) is 3.71. The van der Waals surface area contributed by atoms with Crippen LogP contribution in [0.25, 0.3) is 0 Å². The van der Waals surface area contributed by atoms with Crippen LogP contribution in [0.1, 0.15) is 5.76 Å². The van der Waals surface area contributed by atoms with Crippen LogP contribution in [0.4, 0.5) is 0 Å². The van der Waals surface area contributed by atoms with E-state index in [0.717, 1.165) is 12.2 Å². The lowest BCUT2D eigenvalue weighted by atomic mass is 10.3. The number of carbonyl (C=O) groups excluding carboxylic acids is 1. The molecule has 1 aromatic heterocycles. The molecule has 0 aliphatic carbocycles. The molecule has 0 radical (unpaired) electrons. The van der Waals surface area contributed by atoms with E-state index in [2.05, 4.69) is 5.32 Å². The number of furan rings is 1. The van der Waals surface area contributed by atoms with Gasteiger partial charge in [0.05, 0.1) is 6.26 Å². The molecule has 1 amide bonds. The highest BCUT2D eigenvalue weighted by molar-refractivity contribution is 5.45. The van der Waals surface area contributed by atoms with Gasteiger partial charge in [-0.15, -0.1) is 0 Å². The monoisotopic (exact) mass is 139 g/mol. The molecule has 0 aliphatic heterocycles. The largest absolute Gasteiger partial charge is 0.469 e. The summed E-state index contributed by atoms with van der Waals surface area (Å²) in [5.41, 5.74) is 0. The summed E-state index contributed by atoms with van der Waals surface area (Å²) in [6.45, 7) is 0.636. The molecule has 0 bridgehead atoms. The number of nitrogens with one attached hydrogen (secondary N) is 1. The SMILES string of the molecule is O=CNCCc1ccco1. The summed E-state index contributed by atoms with van der Waals surface area (Å²) in [5.74, 6) is 0.898. The van der Waals surface area contributed by atoms with Gasteiger partial charge in [-0.05, 0) is 12.1 Å². The molecule has 0 aliphatic rings. The first-order valence-corrected chi connectivity index (χ1v) is 3.13. The molecule has 1 N–H and O–H groups in total. The molecule has 3 heteroatoms. The Morgan fingerprint density at radius 2 is 2.60 bits per heavy atom. The predicted octanol–water partition coefficient (Wildman–Crippen LogP) is 0.568. The van der Waals surface area contributed by atoms with E-state index in [1.165, 1.54) is 0 Å². The standard InChI is InChI=1S/C7H9NO2/c9-6-8-4-3-7-2-1-5-10-7/h1-2,5-6H,3-4H2,(H,8,9). The summed E-state index contributed by atoms with van der Waals surface area (Å²) >= 11 is 0. The summed E-state index contributed by atoms with van der Waals surface area (Å²) in [6.07, 6.45) is 3.06. The van der Waals surface area contributed by atoms with E-state index in [9.17, 15) is 4.79 Å². The fourth-order valence-corrected chi connectivity index (χ4v) is 0.709. The molecule has 1 aromatic rings. The van der Waals surface area contributed by atoms with Gasteiger partial charge in [0, 0.05) is 13.0 Å². The summed E-state index contributed by atoms with van der Waals surface area (Å²) < 4.78 is 5.02. The molecule has 0 unspecified atom stereocenters. The molecule has 1 rings (SSSR count). The molecule has 1 heterocycles. The molecule has 0 saturated heterocycles. The first-order valence-electron chi connectivity index (χ1n) is 3.13. The van der Waals surface area contributed by atoms with Crippen molar-refractivity contribution in [2.24, 2.45) is 0 Å². The Bertz CT molecular complexity index is 181. The van der Waals surface area contributed by atoms with E-state index < -0.39 is 0 Å². The van der Waals surface area contributed by atoms with Crippen LogP contribution in [0.15, 0.2) is 22.8 Å². The van der Waals surface area contributed by atoms with Crippen molar-refractivity contribution in [3.8, 4) is 0 Å². The van der Waals surface area contributed by atoms with Crippen LogP contribution in [-0.4, -0.2) is 13.0 Å². The fraction of sp³-hybridized carbons (Fsp3) is 0.286. The molecule has 0 fully saturated rings. The van der Waals surface area contributed by atoms with Crippen molar-refractivity contribution in [2.75, 3.05) is 6.54 Å². The van der Waals surface area contributed by atoms with Crippen molar-refractivity contribution in [3.63, 3.8) is 0 Å². The van der Waals surface area contributed by atoms with Gasteiger partial charge < -0.3 is 9.73 Å². The van der Waals surface area contributed by atoms with E-state index in [4.69, 9.17) is 4.42 Å². The van der Waals surface area contributed by atoms with Crippen molar-refractivity contribution < 1.29 is 9.21 Å². The van der Waals surface area contributed by atoms with E-state index in [-0.39, 0.29) is 0 Å². The fourth-order valence-electron chi connectivity index (χ4n) is 0.709. The highest BCUT2D eigenvalue weighted by atomic mass is 16.3. The zero-order valence-electron chi connectivity index (χ0n) is 5.54. The van der Waals surface area contributed by atoms with Crippen molar-refractivity contribution >= 4 is 6.41 Å². The minimum atomic E-state index is 0.636. The normalized spacial score (nSPS) is 9.20. The Labute approximate surface area is 59.0 Å². The van der Waals surface area contributed by atoms with Gasteiger partial charge in [0.15, 0.2) is 0 Å². The van der Waals surface area contributed by atoms with Crippen LogP contribution in [0.2, 0.25) is 0 Å². The number of amides is 1. The number of hydrogen-bond donors (Lipinski definition) is 1. The van der Waals surface area contributed by atoms with Crippen molar-refractivity contribution in [3.05, 3.63) is 24.2 Å². The van der Waals surface area contributed by atoms with E-state index in [0.29, 0.717) is 13.0 Å². The third-order valence-corrected chi connectivity index (χ3v) is 1.18. The molecule has 0 spiro atoms. The van der Waals surface area contributed by atoms with Gasteiger partial charge in [0.1, 0.15) is 5.76 Å². The van der Waals surface area contributed by atoms with Crippen molar-refractivity contribution in [1.29, 1.82) is 0 Å². The lowest BCUT2D eigenvalue weighted by molar-refractivity contribution is -0.109. The summed E-state index contributed by atoms with van der Waals surface area (Å²) in [4.78, 5) is 9.79. The lowest BCUT2D eigenvalue weighted by Gasteiger charge is -1.93. The maximum absolute atomic E-state index is 9.79. The number of hydrogen-bond acceptors (Lipinski definition) is 2. The van der Waals surface area contributed by atoms with Gasteiger partial charge in [-0.2, -0.15) is 0 Å². The Hall–Kier alpha value is -1.25. The summed E-state index contributed by atoms with van der Waals surface area (Å²) in [5, 5.41) is 2.55. The highest BCUT2D eigenvalue weighted by Crippen LogP contribution is 1.98. The quantitative estimate of drug-likeness (QED) is 0.489. The smallest absolute Gasteiger partial charge is 0.207 e. The van der Waals surface area contributed by atoms with Crippen molar-refractivity contribution in [2.45, 2.75) is 6.42 Å². The Morgan fingerprint density at radius 3 is 3.20 bits per heavy atom. The average Bonchev–Trinajstić information content (AvgIpc) is 2.41. The van der Waals surface area contributed by atoms with Crippen LogP contribution in [0.3, 0.4) is 0 Å². The first-order chi connectivity index (χ1) is 4.93. The molecular formula is C7H9NO2. The summed E-state index contributed by atoms with van der Waals surface area (Å²) in [7, 11) is 0. The third-order valence-electron chi connectivity index (χ3n) is 1.18. The zero-order valence-corrected chi connectivity index (χ0v) is 5.54. The number of carbonyl (C=O) groups is 1. The molecule has 0 saturated carbocycles. The van der Waals surface area contributed by atoms with Crippen LogP contribution < -0.4 is 5.32 Å². The Morgan fingerprint density at radius 1 is 1.70 bits per heavy atom. The molecule has 10 heavy (non-hydrogen) atoms. The van der Waals surface area contributed by atoms with E-state index in [1.54, 1.807) is 6.26 Å². The highest BCUT2D eigenvalue weighted by Gasteiger charge is 1.91. The second kappa shape index (κ2) is 3.71. The van der Waals surface area contributed by atoms with Crippen LogP contribution >= 0.6 is 0 Å². The van der Waals surface area contributed by atoms with Gasteiger partial charge in [-0.25, -0.2) is 0 Å². The van der Waals surface area contributed by atoms with Gasteiger partial charge in [-0.3, -0.25) is 4.79 Å².